The molecular formula is C17H35KO4S. The minimum atomic E-state index is -4.16. The third-order valence-corrected chi connectivity index (χ3v) is 5.51. The van der Waals surface area contributed by atoms with Crippen molar-refractivity contribution in [3.05, 3.63) is 0 Å². The fourth-order valence-corrected chi connectivity index (χ4v) is 3.69. The van der Waals surface area contributed by atoms with Crippen LogP contribution in [0.3, 0.4) is 0 Å². The van der Waals surface area contributed by atoms with Crippen molar-refractivity contribution < 1.29 is 69.5 Å². The topological polar surface area (TPSA) is 77.4 Å². The van der Waals surface area contributed by atoms with Gasteiger partial charge in [0.15, 0.2) is 0 Å². The third-order valence-electron chi connectivity index (χ3n) is 4.22. The molecule has 0 aromatic heterocycles. The van der Waals surface area contributed by atoms with Crippen molar-refractivity contribution >= 4 is 10.1 Å². The molecule has 0 radical (unpaired) electrons. The molecule has 0 fully saturated rings. The molecule has 0 aliphatic carbocycles. The van der Waals surface area contributed by atoms with Crippen LogP contribution in [0.1, 0.15) is 96.8 Å². The predicted molar refractivity (Wildman–Crippen MR) is 90.9 cm³/mol. The van der Waals surface area contributed by atoms with Crippen LogP contribution >= 0.6 is 0 Å². The van der Waals surface area contributed by atoms with Gasteiger partial charge in [-0.05, 0) is 19.3 Å². The SMILES string of the molecule is CCCCCCCCCCC(CCCCCCO)S(=O)(=O)[O-].[K+]. The maximum absolute atomic E-state index is 11.3. The Kier molecular flexibility index (Phi) is 21.3. The summed E-state index contributed by atoms with van der Waals surface area (Å²) >= 11 is 0. The maximum atomic E-state index is 11.3. The summed E-state index contributed by atoms with van der Waals surface area (Å²) in [6.07, 6.45) is 13.7. The minimum absolute atomic E-state index is 0. The van der Waals surface area contributed by atoms with Gasteiger partial charge in [0.2, 0.25) is 0 Å². The molecule has 0 heterocycles. The van der Waals surface area contributed by atoms with E-state index in [0.29, 0.717) is 12.8 Å². The van der Waals surface area contributed by atoms with Crippen molar-refractivity contribution in [2.24, 2.45) is 0 Å². The van der Waals surface area contributed by atoms with Gasteiger partial charge >= 0.3 is 51.4 Å². The molecule has 0 aliphatic rings. The van der Waals surface area contributed by atoms with Gasteiger partial charge in [0, 0.05) is 11.9 Å². The molecule has 1 atom stereocenters. The van der Waals surface area contributed by atoms with E-state index in [0.717, 1.165) is 44.9 Å². The molecule has 0 saturated carbocycles. The van der Waals surface area contributed by atoms with E-state index in [1.807, 2.05) is 0 Å². The van der Waals surface area contributed by atoms with Crippen LogP contribution in [0.25, 0.3) is 0 Å². The fourth-order valence-electron chi connectivity index (χ4n) is 2.78. The molecule has 1 N–H and O–H groups in total. The molecular weight excluding hydrogens is 339 g/mol. The Balaban J connectivity index is 0. The Hall–Kier alpha value is 1.51. The number of hydrogen-bond donors (Lipinski definition) is 1. The molecule has 0 aromatic carbocycles. The van der Waals surface area contributed by atoms with Gasteiger partial charge in [0.05, 0.1) is 10.1 Å². The molecule has 0 aliphatic heterocycles. The minimum Gasteiger partial charge on any atom is -0.748 e. The molecule has 0 bridgehead atoms. The second kappa shape index (κ2) is 18.3. The zero-order chi connectivity index (χ0) is 16.7. The monoisotopic (exact) mass is 374 g/mol. The summed E-state index contributed by atoms with van der Waals surface area (Å²) in [5.74, 6) is 0. The van der Waals surface area contributed by atoms with Crippen LogP contribution in [0.2, 0.25) is 0 Å². The summed E-state index contributed by atoms with van der Waals surface area (Å²) in [6, 6.07) is 0. The van der Waals surface area contributed by atoms with Gasteiger partial charge in [0.1, 0.15) is 0 Å². The molecule has 0 saturated heterocycles. The third kappa shape index (κ3) is 18.1. The van der Waals surface area contributed by atoms with Crippen molar-refractivity contribution in [3.8, 4) is 0 Å². The van der Waals surface area contributed by atoms with Crippen LogP contribution in [0, 0.1) is 0 Å². The van der Waals surface area contributed by atoms with Crippen molar-refractivity contribution in [2.75, 3.05) is 6.61 Å². The summed E-state index contributed by atoms with van der Waals surface area (Å²) in [6.45, 7) is 2.38. The van der Waals surface area contributed by atoms with Gasteiger partial charge in [-0.15, -0.1) is 0 Å². The van der Waals surface area contributed by atoms with Gasteiger partial charge < -0.3 is 9.66 Å². The summed E-state index contributed by atoms with van der Waals surface area (Å²) in [7, 11) is -4.16. The number of aliphatic hydroxyl groups is 1. The predicted octanol–water partition coefficient (Wildman–Crippen LogP) is 1.38. The van der Waals surface area contributed by atoms with Crippen molar-refractivity contribution in [1.82, 2.24) is 0 Å². The van der Waals surface area contributed by atoms with E-state index >= 15 is 0 Å². The van der Waals surface area contributed by atoms with Gasteiger partial charge in [0.25, 0.3) is 0 Å². The Morgan fingerprint density at radius 3 is 1.57 bits per heavy atom. The van der Waals surface area contributed by atoms with E-state index in [4.69, 9.17) is 5.11 Å². The van der Waals surface area contributed by atoms with Crippen LogP contribution in [-0.4, -0.2) is 29.9 Å². The van der Waals surface area contributed by atoms with Crippen LogP contribution < -0.4 is 51.4 Å². The van der Waals surface area contributed by atoms with Gasteiger partial charge in [-0.1, -0.05) is 77.6 Å². The summed E-state index contributed by atoms with van der Waals surface area (Å²) in [4.78, 5) is 0. The second-order valence-electron chi connectivity index (χ2n) is 6.30. The Labute approximate surface area is 186 Å². The van der Waals surface area contributed by atoms with E-state index in [9.17, 15) is 13.0 Å². The first kappa shape index (κ1) is 26.7. The Morgan fingerprint density at radius 1 is 0.783 bits per heavy atom. The summed E-state index contributed by atoms with van der Waals surface area (Å²) in [5.41, 5.74) is 0. The standard InChI is InChI=1S/C17H36O4S.K/c1-2-3-4-5-6-7-8-11-14-17(22(19,20)21)15-12-9-10-13-16-18;/h17-18H,2-16H2,1H3,(H,19,20,21);/q;+1/p-1. The largest absolute Gasteiger partial charge is 1.00 e. The first-order valence-electron chi connectivity index (χ1n) is 9.08. The van der Waals surface area contributed by atoms with Gasteiger partial charge in [-0.3, -0.25) is 0 Å². The first-order chi connectivity index (χ1) is 10.5. The van der Waals surface area contributed by atoms with E-state index < -0.39 is 15.4 Å². The van der Waals surface area contributed by atoms with E-state index in [1.54, 1.807) is 0 Å². The summed E-state index contributed by atoms with van der Waals surface area (Å²) in [5, 5.41) is 7.99. The van der Waals surface area contributed by atoms with Crippen LogP contribution in [0.4, 0.5) is 0 Å². The number of unbranched alkanes of at least 4 members (excludes halogenated alkanes) is 10. The molecule has 0 spiro atoms. The van der Waals surface area contributed by atoms with E-state index in [2.05, 4.69) is 6.92 Å². The van der Waals surface area contributed by atoms with Crippen LogP contribution in [0.5, 0.6) is 0 Å². The number of hydrogen-bond acceptors (Lipinski definition) is 4. The quantitative estimate of drug-likeness (QED) is 0.251. The van der Waals surface area contributed by atoms with Crippen molar-refractivity contribution in [2.45, 2.75) is 102 Å². The molecule has 0 amide bonds. The first-order valence-corrected chi connectivity index (χ1v) is 10.5. The van der Waals surface area contributed by atoms with Crippen LogP contribution in [0.15, 0.2) is 0 Å². The molecule has 6 heteroatoms. The number of aliphatic hydroxyl groups excluding tert-OH is 1. The molecule has 134 valence electrons. The summed E-state index contributed by atoms with van der Waals surface area (Å²) < 4.78 is 33.9. The average molecular weight is 375 g/mol. The maximum Gasteiger partial charge on any atom is 1.00 e. The van der Waals surface area contributed by atoms with E-state index in [1.165, 1.54) is 32.1 Å². The molecule has 23 heavy (non-hydrogen) atoms. The van der Waals surface area contributed by atoms with Gasteiger partial charge in [-0.25, -0.2) is 8.42 Å². The van der Waals surface area contributed by atoms with E-state index in [-0.39, 0.29) is 58.0 Å². The average Bonchev–Trinajstić information content (AvgIpc) is 2.46. The zero-order valence-electron chi connectivity index (χ0n) is 15.3. The Morgan fingerprint density at radius 2 is 1.17 bits per heavy atom. The smallest absolute Gasteiger partial charge is 0.748 e. The Bertz CT molecular complexity index is 333. The molecule has 0 rings (SSSR count). The second-order valence-corrected chi connectivity index (χ2v) is 7.96. The van der Waals surface area contributed by atoms with Gasteiger partial charge in [-0.2, -0.15) is 0 Å². The molecule has 1 unspecified atom stereocenters. The van der Waals surface area contributed by atoms with Crippen molar-refractivity contribution in [1.29, 1.82) is 0 Å². The molecule has 4 nitrogen and oxygen atoms in total. The normalized spacial score (nSPS) is 12.8. The fraction of sp³-hybridized carbons (Fsp3) is 1.00. The molecule has 0 aromatic rings. The van der Waals surface area contributed by atoms with Crippen LogP contribution in [-0.2, 0) is 10.1 Å². The van der Waals surface area contributed by atoms with Crippen molar-refractivity contribution in [3.63, 3.8) is 0 Å². The zero-order valence-corrected chi connectivity index (χ0v) is 19.2. The number of rotatable bonds is 16.